The van der Waals surface area contributed by atoms with Crippen molar-refractivity contribution < 1.29 is 29.3 Å². The lowest BCUT2D eigenvalue weighted by Crippen LogP contribution is -2.31. The molecule has 1 aliphatic rings. The number of carboxylic acid groups (broad SMARTS) is 1. The van der Waals surface area contributed by atoms with Crippen LogP contribution in [0.3, 0.4) is 0 Å². The number of nitrogens with zero attached hydrogens (tertiary/aromatic N) is 1. The maximum Gasteiger partial charge on any atom is 0.338 e. The molecule has 1 fully saturated rings. The van der Waals surface area contributed by atoms with E-state index < -0.39 is 12.3 Å². The van der Waals surface area contributed by atoms with Gasteiger partial charge in [0.05, 0.1) is 24.4 Å². The van der Waals surface area contributed by atoms with Gasteiger partial charge in [-0.25, -0.2) is 14.6 Å². The van der Waals surface area contributed by atoms with Gasteiger partial charge in [0, 0.05) is 36.2 Å². The Morgan fingerprint density at radius 2 is 1.62 bits per heavy atom. The standard InChI is InChI=1S/C32H31N3O6S/c36-19-22-8-10-23(11-9-22)28-17-26(20-42-29-27(30(37)38)7-4-16-33-29)40-31(41-28)24-12-14-25(15-13-24)35-32(39)34-18-21-5-2-1-3-6-21/h1-16,26,28,31,36H,17-20H2,(H,37,38)(H2,34,35,39)/t26-,28+,31+/m1/s1. The molecule has 0 aliphatic carbocycles. The monoisotopic (exact) mass is 585 g/mol. The van der Waals surface area contributed by atoms with E-state index >= 15 is 0 Å². The third-order valence-corrected chi connectivity index (χ3v) is 7.90. The molecule has 3 atom stereocenters. The predicted octanol–water partition coefficient (Wildman–Crippen LogP) is 5.93. The van der Waals surface area contributed by atoms with Crippen LogP contribution in [0.4, 0.5) is 10.5 Å². The summed E-state index contributed by atoms with van der Waals surface area (Å²) in [6.45, 7) is 0.374. The van der Waals surface area contributed by atoms with Gasteiger partial charge in [0.2, 0.25) is 0 Å². The van der Waals surface area contributed by atoms with E-state index in [1.165, 1.54) is 17.8 Å². The third kappa shape index (κ3) is 7.74. The van der Waals surface area contributed by atoms with E-state index in [1.54, 1.807) is 24.4 Å². The first-order valence-electron chi connectivity index (χ1n) is 13.5. The largest absolute Gasteiger partial charge is 0.478 e. The van der Waals surface area contributed by atoms with Gasteiger partial charge >= 0.3 is 12.0 Å². The lowest BCUT2D eigenvalue weighted by molar-refractivity contribution is -0.245. The third-order valence-electron chi connectivity index (χ3n) is 6.76. The van der Waals surface area contributed by atoms with Crippen LogP contribution in [-0.4, -0.2) is 39.1 Å². The van der Waals surface area contributed by atoms with E-state index in [9.17, 15) is 19.8 Å². The van der Waals surface area contributed by atoms with Crippen LogP contribution in [0.25, 0.3) is 0 Å². The number of rotatable bonds is 10. The second-order valence-electron chi connectivity index (χ2n) is 9.74. The molecule has 9 nitrogen and oxygen atoms in total. The van der Waals surface area contributed by atoms with Crippen LogP contribution < -0.4 is 10.6 Å². The number of thioether (sulfide) groups is 1. The number of benzene rings is 3. The first-order valence-corrected chi connectivity index (χ1v) is 14.5. The maximum atomic E-state index is 12.4. The Morgan fingerprint density at radius 1 is 0.881 bits per heavy atom. The van der Waals surface area contributed by atoms with Gasteiger partial charge in [0.25, 0.3) is 0 Å². The van der Waals surface area contributed by atoms with Gasteiger partial charge in [-0.1, -0.05) is 66.7 Å². The normalized spacial score (nSPS) is 18.3. The van der Waals surface area contributed by atoms with Gasteiger partial charge in [0.1, 0.15) is 5.03 Å². The second kappa shape index (κ2) is 14.1. The maximum absolute atomic E-state index is 12.4. The number of carboxylic acids is 1. The van der Waals surface area contributed by atoms with Gasteiger partial charge < -0.3 is 30.3 Å². The molecule has 0 spiro atoms. The summed E-state index contributed by atoms with van der Waals surface area (Å²) in [6.07, 6.45) is 0.896. The average Bonchev–Trinajstić information content (AvgIpc) is 3.03. The molecule has 1 aromatic heterocycles. The number of pyridine rings is 1. The fraction of sp³-hybridized carbons (Fsp3) is 0.219. The highest BCUT2D eigenvalue weighted by molar-refractivity contribution is 7.99. The number of urea groups is 1. The summed E-state index contributed by atoms with van der Waals surface area (Å²) in [6, 6.07) is 27.4. The molecule has 0 bridgehead atoms. The average molecular weight is 586 g/mol. The fourth-order valence-corrected chi connectivity index (χ4v) is 5.54. The SMILES string of the molecule is O=C(NCc1ccccc1)Nc1ccc([C@H]2O[C@@H](CSc3ncccc3C(=O)O)C[C@@H](c3ccc(CO)cc3)O2)cc1. The fourth-order valence-electron chi connectivity index (χ4n) is 4.54. The van der Waals surface area contributed by atoms with Crippen LogP contribution >= 0.6 is 11.8 Å². The Bertz CT molecular complexity index is 1480. The summed E-state index contributed by atoms with van der Waals surface area (Å²) in [5.74, 6) is -0.551. The first kappa shape index (κ1) is 29.3. The molecule has 4 N–H and O–H groups in total. The molecule has 2 amide bonds. The minimum atomic E-state index is -1.03. The molecule has 216 valence electrons. The van der Waals surface area contributed by atoms with Crippen LogP contribution in [0, 0.1) is 0 Å². The van der Waals surface area contributed by atoms with Crippen molar-refractivity contribution in [2.75, 3.05) is 11.1 Å². The van der Waals surface area contributed by atoms with Gasteiger partial charge in [-0.3, -0.25) is 0 Å². The molecular weight excluding hydrogens is 554 g/mol. The number of hydrogen-bond donors (Lipinski definition) is 4. The number of carbonyl (C=O) groups excluding carboxylic acids is 1. The van der Waals surface area contributed by atoms with Crippen molar-refractivity contribution in [3.05, 3.63) is 125 Å². The highest BCUT2D eigenvalue weighted by Crippen LogP contribution is 2.39. The minimum absolute atomic E-state index is 0.0442. The smallest absolute Gasteiger partial charge is 0.338 e. The Kier molecular flexibility index (Phi) is 9.83. The number of nitrogens with one attached hydrogen (secondary N) is 2. The number of anilines is 1. The summed E-state index contributed by atoms with van der Waals surface area (Å²) in [4.78, 5) is 28.3. The predicted molar refractivity (Wildman–Crippen MR) is 159 cm³/mol. The van der Waals surface area contributed by atoms with E-state index in [0.29, 0.717) is 29.4 Å². The topological polar surface area (TPSA) is 130 Å². The summed E-state index contributed by atoms with van der Waals surface area (Å²) in [5.41, 5.74) is 4.32. The molecule has 4 aromatic rings. The number of carbonyl (C=O) groups is 2. The van der Waals surface area contributed by atoms with Gasteiger partial charge in [0.15, 0.2) is 6.29 Å². The Balaban J connectivity index is 1.27. The molecule has 0 radical (unpaired) electrons. The summed E-state index contributed by atoms with van der Waals surface area (Å²) < 4.78 is 12.7. The quantitative estimate of drug-likeness (QED) is 0.169. The van der Waals surface area contributed by atoms with E-state index in [0.717, 1.165) is 22.3 Å². The molecule has 0 unspecified atom stereocenters. The van der Waals surface area contributed by atoms with E-state index in [-0.39, 0.29) is 30.4 Å². The van der Waals surface area contributed by atoms with Gasteiger partial charge in [-0.2, -0.15) is 0 Å². The zero-order valence-corrected chi connectivity index (χ0v) is 23.5. The van der Waals surface area contributed by atoms with Crippen molar-refractivity contribution in [1.29, 1.82) is 0 Å². The molecule has 0 saturated carbocycles. The zero-order chi connectivity index (χ0) is 29.3. The lowest BCUT2D eigenvalue weighted by atomic mass is 10.0. The summed E-state index contributed by atoms with van der Waals surface area (Å²) in [5, 5.41) is 25.1. The van der Waals surface area contributed by atoms with Crippen molar-refractivity contribution in [2.45, 2.75) is 43.1 Å². The minimum Gasteiger partial charge on any atom is -0.478 e. The van der Waals surface area contributed by atoms with Gasteiger partial charge in [-0.05, 0) is 41.0 Å². The molecule has 10 heteroatoms. The number of ether oxygens (including phenoxy) is 2. The molecule has 3 aromatic carbocycles. The number of hydrogen-bond acceptors (Lipinski definition) is 7. The van der Waals surface area contributed by atoms with Crippen LogP contribution in [-0.2, 0) is 22.6 Å². The zero-order valence-electron chi connectivity index (χ0n) is 22.7. The Hall–Kier alpha value is -4.22. The molecule has 2 heterocycles. The number of aliphatic hydroxyl groups is 1. The van der Waals surface area contributed by atoms with Crippen LogP contribution in [0.1, 0.15) is 51.4 Å². The highest BCUT2D eigenvalue weighted by Gasteiger charge is 2.32. The van der Waals surface area contributed by atoms with Crippen molar-refractivity contribution >= 4 is 29.4 Å². The van der Waals surface area contributed by atoms with Crippen LogP contribution in [0.5, 0.6) is 0 Å². The number of amides is 2. The molecular formula is C32H31N3O6S. The molecule has 1 saturated heterocycles. The van der Waals surface area contributed by atoms with Gasteiger partial charge in [-0.15, -0.1) is 11.8 Å². The van der Waals surface area contributed by atoms with Crippen LogP contribution in [0.2, 0.25) is 0 Å². The van der Waals surface area contributed by atoms with E-state index in [1.807, 2.05) is 66.7 Å². The number of aliphatic hydroxyl groups excluding tert-OH is 1. The van der Waals surface area contributed by atoms with Crippen molar-refractivity contribution in [1.82, 2.24) is 10.3 Å². The second-order valence-corrected chi connectivity index (χ2v) is 10.7. The van der Waals surface area contributed by atoms with Crippen molar-refractivity contribution in [3.63, 3.8) is 0 Å². The Labute approximate surface area is 247 Å². The Morgan fingerprint density at radius 3 is 2.33 bits per heavy atom. The lowest BCUT2D eigenvalue weighted by Gasteiger charge is -2.36. The molecule has 1 aliphatic heterocycles. The van der Waals surface area contributed by atoms with E-state index in [4.69, 9.17) is 9.47 Å². The highest BCUT2D eigenvalue weighted by atomic mass is 32.2. The van der Waals surface area contributed by atoms with Crippen molar-refractivity contribution in [3.8, 4) is 0 Å². The summed E-state index contributed by atoms with van der Waals surface area (Å²) in [7, 11) is 0. The first-order chi connectivity index (χ1) is 20.5. The molecule has 42 heavy (non-hydrogen) atoms. The van der Waals surface area contributed by atoms with Crippen LogP contribution in [0.15, 0.2) is 102 Å². The van der Waals surface area contributed by atoms with E-state index in [2.05, 4.69) is 15.6 Å². The number of aromatic carboxylic acids is 1. The number of aromatic nitrogens is 1. The van der Waals surface area contributed by atoms with Crippen molar-refractivity contribution in [2.24, 2.45) is 0 Å². The molecule has 5 rings (SSSR count). The summed E-state index contributed by atoms with van der Waals surface area (Å²) >= 11 is 1.33.